The van der Waals surface area contributed by atoms with Crippen molar-refractivity contribution in [3.8, 4) is 11.5 Å². The van der Waals surface area contributed by atoms with Gasteiger partial charge in [0.1, 0.15) is 23.0 Å². The Labute approximate surface area is 209 Å². The van der Waals surface area contributed by atoms with E-state index in [1.54, 1.807) is 13.0 Å². The van der Waals surface area contributed by atoms with Gasteiger partial charge in [-0.15, -0.1) is 0 Å². The van der Waals surface area contributed by atoms with Crippen LogP contribution in [-0.2, 0) is 11.2 Å². The van der Waals surface area contributed by atoms with Crippen LogP contribution < -0.4 is 10.1 Å². The Hall–Kier alpha value is -4.13. The van der Waals surface area contributed by atoms with Crippen molar-refractivity contribution in [2.75, 3.05) is 0 Å². The second-order valence-electron chi connectivity index (χ2n) is 9.17. The van der Waals surface area contributed by atoms with E-state index in [-0.39, 0.29) is 24.2 Å². The molecule has 0 saturated carbocycles. The number of ether oxygens (including phenoxy) is 1. The highest BCUT2D eigenvalue weighted by Crippen LogP contribution is 2.29. The molecule has 3 aromatic carbocycles. The first-order valence-electron chi connectivity index (χ1n) is 11.8. The van der Waals surface area contributed by atoms with Gasteiger partial charge >= 0.3 is 5.97 Å². The van der Waals surface area contributed by atoms with Crippen LogP contribution in [0.4, 0.5) is 4.39 Å². The summed E-state index contributed by atoms with van der Waals surface area (Å²) in [5, 5.41) is 12.6. The third-order valence-corrected chi connectivity index (χ3v) is 6.33. The average Bonchev–Trinajstić information content (AvgIpc) is 3.14. The predicted molar refractivity (Wildman–Crippen MR) is 137 cm³/mol. The van der Waals surface area contributed by atoms with Gasteiger partial charge in [0, 0.05) is 17.3 Å². The molecule has 1 atom stereocenters. The Morgan fingerprint density at radius 3 is 2.53 bits per heavy atom. The summed E-state index contributed by atoms with van der Waals surface area (Å²) >= 11 is 0. The number of rotatable bonds is 8. The number of amides is 1. The number of H-pyrrole nitrogens is 1. The van der Waals surface area contributed by atoms with Crippen LogP contribution in [0.25, 0.3) is 10.9 Å². The predicted octanol–water partition coefficient (Wildman–Crippen LogP) is 6.53. The second-order valence-corrected chi connectivity index (χ2v) is 9.17. The second kappa shape index (κ2) is 10.2. The van der Waals surface area contributed by atoms with E-state index in [9.17, 15) is 14.0 Å². The molecule has 0 spiro atoms. The summed E-state index contributed by atoms with van der Waals surface area (Å²) in [5.74, 6) is -0.144. The molecule has 0 radical (unpaired) electrons. The number of benzene rings is 3. The number of carboxylic acid groups (broad SMARTS) is 1. The summed E-state index contributed by atoms with van der Waals surface area (Å²) < 4.78 is 19.7. The minimum Gasteiger partial charge on any atom is -0.481 e. The van der Waals surface area contributed by atoms with E-state index >= 15 is 0 Å². The van der Waals surface area contributed by atoms with Crippen molar-refractivity contribution < 1.29 is 23.8 Å². The number of aromatic nitrogens is 1. The zero-order valence-corrected chi connectivity index (χ0v) is 20.7. The molecular formula is C29H29FN2O4. The maximum atomic E-state index is 13.6. The van der Waals surface area contributed by atoms with Crippen LogP contribution in [0.1, 0.15) is 57.7 Å². The van der Waals surface area contributed by atoms with Crippen molar-refractivity contribution in [3.63, 3.8) is 0 Å². The Morgan fingerprint density at radius 1 is 1.03 bits per heavy atom. The fraction of sp³-hybridized carbons (Fsp3) is 0.241. The van der Waals surface area contributed by atoms with Crippen LogP contribution in [0.2, 0.25) is 0 Å². The number of fused-ring (bicyclic) bond motifs is 1. The number of hydrogen-bond acceptors (Lipinski definition) is 3. The van der Waals surface area contributed by atoms with Gasteiger partial charge in [-0.2, -0.15) is 0 Å². The molecule has 4 aromatic rings. The highest BCUT2D eigenvalue weighted by molar-refractivity contribution is 6.01. The molecule has 7 heteroatoms. The van der Waals surface area contributed by atoms with Gasteiger partial charge in [-0.3, -0.25) is 9.59 Å². The largest absolute Gasteiger partial charge is 0.481 e. The normalized spacial score (nSPS) is 11.9. The molecule has 0 aliphatic rings. The summed E-state index contributed by atoms with van der Waals surface area (Å²) in [7, 11) is 0. The molecule has 3 N–H and O–H groups in total. The molecule has 1 heterocycles. The lowest BCUT2D eigenvalue weighted by Gasteiger charge is -2.17. The number of halogens is 1. The van der Waals surface area contributed by atoms with Gasteiger partial charge in [0.25, 0.3) is 5.91 Å². The van der Waals surface area contributed by atoms with Crippen molar-refractivity contribution in [2.24, 2.45) is 0 Å². The van der Waals surface area contributed by atoms with Gasteiger partial charge < -0.3 is 20.1 Å². The molecule has 0 fully saturated rings. The highest BCUT2D eigenvalue weighted by atomic mass is 19.1. The molecule has 186 valence electrons. The van der Waals surface area contributed by atoms with Gasteiger partial charge in [-0.1, -0.05) is 12.1 Å². The standard InChI is InChI=1S/C29H29FN2O4/c1-16-11-21(14-24(12-16)36-23-8-5-20(17(2)13-23)6-10-27(33)34)19(4)31-29(35)28-18(3)25-15-22(30)7-9-26(25)32-28/h5,7-9,11-15,19,32H,6,10H2,1-4H3,(H,31,35)(H,33,34). The number of carbonyl (C=O) groups is 2. The molecule has 1 unspecified atom stereocenters. The van der Waals surface area contributed by atoms with Crippen molar-refractivity contribution in [2.45, 2.75) is 46.6 Å². The first-order chi connectivity index (χ1) is 17.1. The van der Waals surface area contributed by atoms with E-state index in [0.717, 1.165) is 22.3 Å². The Bertz CT molecular complexity index is 1460. The number of nitrogens with one attached hydrogen (secondary N) is 2. The monoisotopic (exact) mass is 488 g/mol. The van der Waals surface area contributed by atoms with Crippen LogP contribution >= 0.6 is 0 Å². The van der Waals surface area contributed by atoms with Crippen LogP contribution in [0.15, 0.2) is 54.6 Å². The van der Waals surface area contributed by atoms with Gasteiger partial charge in [0.05, 0.1) is 6.04 Å². The highest BCUT2D eigenvalue weighted by Gasteiger charge is 2.18. The first-order valence-corrected chi connectivity index (χ1v) is 11.8. The molecule has 36 heavy (non-hydrogen) atoms. The summed E-state index contributed by atoms with van der Waals surface area (Å²) in [6.45, 7) is 7.59. The number of carboxylic acids is 1. The zero-order valence-electron chi connectivity index (χ0n) is 20.7. The summed E-state index contributed by atoms with van der Waals surface area (Å²) in [6.07, 6.45) is 0.554. The summed E-state index contributed by atoms with van der Waals surface area (Å²) in [4.78, 5) is 27.0. The fourth-order valence-corrected chi connectivity index (χ4v) is 4.35. The molecule has 0 saturated heterocycles. The Kier molecular flexibility index (Phi) is 7.10. The minimum atomic E-state index is -0.822. The van der Waals surface area contributed by atoms with Gasteiger partial charge in [-0.25, -0.2) is 4.39 Å². The van der Waals surface area contributed by atoms with Gasteiger partial charge in [0.2, 0.25) is 0 Å². The number of aryl methyl sites for hydroxylation is 4. The lowest BCUT2D eigenvalue weighted by atomic mass is 10.0. The topological polar surface area (TPSA) is 91.4 Å². The zero-order chi connectivity index (χ0) is 26.0. The quantitative estimate of drug-likeness (QED) is 0.263. The lowest BCUT2D eigenvalue weighted by molar-refractivity contribution is -0.136. The first kappa shape index (κ1) is 25.0. The molecule has 0 aliphatic carbocycles. The molecular weight excluding hydrogens is 459 g/mol. The summed E-state index contributed by atoms with van der Waals surface area (Å²) in [5.41, 5.74) is 5.62. The van der Waals surface area contributed by atoms with Crippen LogP contribution in [0.5, 0.6) is 11.5 Å². The van der Waals surface area contributed by atoms with E-state index in [1.165, 1.54) is 12.1 Å². The molecule has 0 bridgehead atoms. The van der Waals surface area contributed by atoms with E-state index in [0.29, 0.717) is 40.1 Å². The SMILES string of the molecule is Cc1cc(Oc2ccc(CCC(=O)O)c(C)c2)cc(C(C)NC(=O)c2[nH]c3ccc(F)cc3c2C)c1. The van der Waals surface area contributed by atoms with E-state index in [1.807, 2.05) is 57.2 Å². The van der Waals surface area contributed by atoms with Crippen molar-refractivity contribution >= 4 is 22.8 Å². The van der Waals surface area contributed by atoms with E-state index in [4.69, 9.17) is 9.84 Å². The number of carbonyl (C=O) groups excluding carboxylic acids is 1. The van der Waals surface area contributed by atoms with Crippen molar-refractivity contribution in [1.29, 1.82) is 0 Å². The van der Waals surface area contributed by atoms with Crippen LogP contribution in [0.3, 0.4) is 0 Å². The molecule has 0 aliphatic heterocycles. The van der Waals surface area contributed by atoms with Crippen LogP contribution in [-0.4, -0.2) is 22.0 Å². The van der Waals surface area contributed by atoms with Gasteiger partial charge in [-0.05, 0) is 104 Å². The maximum absolute atomic E-state index is 13.6. The maximum Gasteiger partial charge on any atom is 0.303 e. The van der Waals surface area contributed by atoms with Crippen LogP contribution in [0, 0.1) is 26.6 Å². The number of aromatic amines is 1. The molecule has 1 aromatic heterocycles. The van der Waals surface area contributed by atoms with Gasteiger partial charge in [0.15, 0.2) is 0 Å². The fourth-order valence-electron chi connectivity index (χ4n) is 4.35. The number of hydrogen-bond donors (Lipinski definition) is 3. The average molecular weight is 489 g/mol. The molecule has 4 rings (SSSR count). The Morgan fingerprint density at radius 2 is 1.81 bits per heavy atom. The minimum absolute atomic E-state index is 0.0841. The van der Waals surface area contributed by atoms with E-state index in [2.05, 4.69) is 10.3 Å². The van der Waals surface area contributed by atoms with E-state index < -0.39 is 5.97 Å². The molecule has 6 nitrogen and oxygen atoms in total. The molecule has 1 amide bonds. The smallest absolute Gasteiger partial charge is 0.303 e. The third kappa shape index (κ3) is 5.57. The Balaban J connectivity index is 1.50. The number of aliphatic carboxylic acids is 1. The van der Waals surface area contributed by atoms with Crippen molar-refractivity contribution in [1.82, 2.24) is 10.3 Å². The third-order valence-electron chi connectivity index (χ3n) is 6.33. The summed E-state index contributed by atoms with van der Waals surface area (Å²) in [6, 6.07) is 15.5. The van der Waals surface area contributed by atoms with Crippen molar-refractivity contribution in [3.05, 3.63) is 93.9 Å². The lowest BCUT2D eigenvalue weighted by Crippen LogP contribution is -2.27.